The fourth-order valence-corrected chi connectivity index (χ4v) is 8.99. The van der Waals surface area contributed by atoms with E-state index in [0.717, 1.165) is 44.9 Å². The number of aliphatic hydroxyl groups is 1. The van der Waals surface area contributed by atoms with Crippen molar-refractivity contribution < 1.29 is 19.5 Å². The van der Waals surface area contributed by atoms with Crippen molar-refractivity contribution in [3.63, 3.8) is 0 Å². The molecular weight excluding hydrogens is 474 g/mol. The average molecular weight is 520 g/mol. The van der Waals surface area contributed by atoms with Crippen LogP contribution in [0.3, 0.4) is 0 Å². The Kier molecular flexibility index (Phi) is 10.1. The molecule has 3 saturated heterocycles. The second-order valence-electron chi connectivity index (χ2n) is 10.7. The van der Waals surface area contributed by atoms with E-state index in [1.807, 2.05) is 9.80 Å². The van der Waals surface area contributed by atoms with Gasteiger partial charge in [0, 0.05) is 45.1 Å². The van der Waals surface area contributed by atoms with Crippen LogP contribution in [-0.4, -0.2) is 93.4 Å². The maximum atomic E-state index is 14.2. The van der Waals surface area contributed by atoms with Crippen molar-refractivity contribution in [2.24, 2.45) is 17.8 Å². The van der Waals surface area contributed by atoms with Crippen LogP contribution in [-0.2, 0) is 14.4 Å². The molecule has 0 aromatic rings. The molecule has 3 rings (SSSR count). The van der Waals surface area contributed by atoms with Gasteiger partial charge in [-0.2, -0.15) is 0 Å². The predicted octanol–water partition coefficient (Wildman–Crippen LogP) is 3.34. The Morgan fingerprint density at radius 1 is 1.14 bits per heavy atom. The van der Waals surface area contributed by atoms with E-state index in [2.05, 4.69) is 27.0 Å². The van der Waals surface area contributed by atoms with Gasteiger partial charge in [-0.15, -0.1) is 24.9 Å². The molecule has 7 nitrogen and oxygen atoms in total. The van der Waals surface area contributed by atoms with Crippen LogP contribution in [0, 0.1) is 17.8 Å². The van der Waals surface area contributed by atoms with E-state index in [4.69, 9.17) is 5.11 Å². The molecule has 3 aliphatic heterocycles. The van der Waals surface area contributed by atoms with E-state index in [1.165, 1.54) is 0 Å². The van der Waals surface area contributed by atoms with E-state index in [-0.39, 0.29) is 35.5 Å². The lowest BCUT2D eigenvalue weighted by Gasteiger charge is -2.41. The van der Waals surface area contributed by atoms with Gasteiger partial charge < -0.3 is 19.8 Å². The van der Waals surface area contributed by atoms with Crippen LogP contribution in [0.5, 0.6) is 0 Å². The normalized spacial score (nSPS) is 30.4. The molecule has 0 aromatic carbocycles. The Bertz CT molecular complexity index is 836. The molecule has 3 aliphatic rings. The average Bonchev–Trinajstić information content (AvgIpc) is 3.44. The van der Waals surface area contributed by atoms with Crippen molar-refractivity contribution in [1.29, 1.82) is 0 Å². The zero-order valence-corrected chi connectivity index (χ0v) is 23.2. The third-order valence-electron chi connectivity index (χ3n) is 8.29. The fourth-order valence-electron chi connectivity index (χ4n) is 6.58. The van der Waals surface area contributed by atoms with E-state index in [9.17, 15) is 14.4 Å². The Morgan fingerprint density at radius 3 is 2.47 bits per heavy atom. The molecule has 2 bridgehead atoms. The van der Waals surface area contributed by atoms with Gasteiger partial charge >= 0.3 is 0 Å². The second kappa shape index (κ2) is 12.6. The van der Waals surface area contributed by atoms with Crippen LogP contribution in [0.2, 0.25) is 0 Å². The van der Waals surface area contributed by atoms with Gasteiger partial charge in [-0.05, 0) is 31.6 Å². The number of hydrogen-bond acceptors (Lipinski definition) is 5. The maximum Gasteiger partial charge on any atom is 0.247 e. The molecular formula is C28H45N3O4S. The van der Waals surface area contributed by atoms with Crippen LogP contribution < -0.4 is 0 Å². The Hall–Kier alpha value is -1.80. The van der Waals surface area contributed by atoms with Crippen LogP contribution in [0.15, 0.2) is 25.3 Å². The van der Waals surface area contributed by atoms with Crippen molar-refractivity contribution >= 4 is 29.5 Å². The minimum absolute atomic E-state index is 0.00195. The lowest BCUT2D eigenvalue weighted by Crippen LogP contribution is -2.57. The molecule has 0 aromatic heterocycles. The Balaban J connectivity index is 1.98. The summed E-state index contributed by atoms with van der Waals surface area (Å²) in [5.74, 6) is -0.746. The van der Waals surface area contributed by atoms with Gasteiger partial charge in [0.1, 0.15) is 6.04 Å². The zero-order valence-electron chi connectivity index (χ0n) is 22.4. The first-order chi connectivity index (χ1) is 17.3. The monoisotopic (exact) mass is 519 g/mol. The van der Waals surface area contributed by atoms with Crippen molar-refractivity contribution in [1.82, 2.24) is 14.7 Å². The van der Waals surface area contributed by atoms with Crippen LogP contribution in [0.1, 0.15) is 58.8 Å². The number of thioether (sulfide) groups is 1. The molecule has 202 valence electrons. The standard InChI is InChI=1S/C28H45N3O4S/c1-6-9-16-30(15-8-3)27(35)24-28-20(4)19-21(36-28)22(25(33)29(5)14-7-2)23(28)26(34)31(24)17-12-10-11-13-18-32/h7-8,20-24,32H,2-3,6,9-19H2,1,4-5H3/t20?,21-,22+,23+,24?,28?/m1/s1. The lowest BCUT2D eigenvalue weighted by atomic mass is 9.65. The number of rotatable bonds is 15. The first-order valence-electron chi connectivity index (χ1n) is 13.6. The minimum atomic E-state index is -0.578. The minimum Gasteiger partial charge on any atom is -0.396 e. The largest absolute Gasteiger partial charge is 0.396 e. The second-order valence-corrected chi connectivity index (χ2v) is 12.2. The molecule has 1 spiro atoms. The highest BCUT2D eigenvalue weighted by molar-refractivity contribution is 8.02. The highest BCUT2D eigenvalue weighted by atomic mass is 32.2. The maximum absolute atomic E-state index is 14.2. The SMILES string of the molecule is C=CCN(C)C(=O)[C@@H]1[C@H]2C(=O)N(CCCCCCO)C(C(=O)N(CC=C)CCCC)C23S[C@@H]1CC3C. The summed E-state index contributed by atoms with van der Waals surface area (Å²) >= 11 is 1.74. The number of nitrogens with zero attached hydrogens (tertiary/aromatic N) is 3. The van der Waals surface area contributed by atoms with Gasteiger partial charge in [0.2, 0.25) is 17.7 Å². The Morgan fingerprint density at radius 2 is 1.83 bits per heavy atom. The number of unbranched alkanes of at least 4 members (excludes halogenated alkanes) is 4. The van der Waals surface area contributed by atoms with Gasteiger partial charge in [-0.1, -0.05) is 45.3 Å². The number of fused-ring (bicyclic) bond motifs is 1. The van der Waals surface area contributed by atoms with Crippen LogP contribution in [0.25, 0.3) is 0 Å². The number of hydrogen-bond donors (Lipinski definition) is 1. The molecule has 1 N–H and O–H groups in total. The van der Waals surface area contributed by atoms with Gasteiger partial charge in [-0.3, -0.25) is 14.4 Å². The first-order valence-corrected chi connectivity index (χ1v) is 14.5. The molecule has 3 fully saturated rings. The number of amides is 3. The van der Waals surface area contributed by atoms with E-state index >= 15 is 0 Å². The van der Waals surface area contributed by atoms with E-state index < -0.39 is 22.6 Å². The number of likely N-dealkylation sites (N-methyl/N-ethyl adjacent to an activating group) is 1. The summed E-state index contributed by atoms with van der Waals surface area (Å²) < 4.78 is -0.578. The first kappa shape index (κ1) is 28.8. The van der Waals surface area contributed by atoms with Gasteiger partial charge in [0.25, 0.3) is 0 Å². The summed E-state index contributed by atoms with van der Waals surface area (Å²) in [6.45, 7) is 14.1. The fraction of sp³-hybridized carbons (Fsp3) is 0.750. The highest BCUT2D eigenvalue weighted by Crippen LogP contribution is 2.68. The smallest absolute Gasteiger partial charge is 0.247 e. The molecule has 0 aliphatic carbocycles. The number of aliphatic hydroxyl groups excluding tert-OH is 1. The zero-order chi connectivity index (χ0) is 26.5. The number of carbonyl (C=O) groups excluding carboxylic acids is 3. The lowest BCUT2D eigenvalue weighted by molar-refractivity contribution is -0.144. The van der Waals surface area contributed by atoms with Gasteiger partial charge in [-0.25, -0.2) is 0 Å². The van der Waals surface area contributed by atoms with Gasteiger partial charge in [0.15, 0.2) is 0 Å². The molecule has 3 heterocycles. The van der Waals surface area contributed by atoms with Crippen LogP contribution >= 0.6 is 11.8 Å². The Labute approximate surface area is 221 Å². The van der Waals surface area contributed by atoms with Crippen molar-refractivity contribution in [3.05, 3.63) is 25.3 Å². The highest BCUT2D eigenvalue weighted by Gasteiger charge is 2.76. The molecule has 3 unspecified atom stereocenters. The number of likely N-dealkylation sites (tertiary alicyclic amines) is 1. The quantitative estimate of drug-likeness (QED) is 0.265. The van der Waals surface area contributed by atoms with Crippen molar-refractivity contribution in [3.8, 4) is 0 Å². The molecule has 8 heteroatoms. The summed E-state index contributed by atoms with van der Waals surface area (Å²) in [5, 5.41) is 9.18. The summed E-state index contributed by atoms with van der Waals surface area (Å²) in [7, 11) is 1.77. The van der Waals surface area contributed by atoms with E-state index in [0.29, 0.717) is 26.2 Å². The molecule has 36 heavy (non-hydrogen) atoms. The summed E-state index contributed by atoms with van der Waals surface area (Å²) in [6.07, 6.45) is 9.51. The predicted molar refractivity (Wildman–Crippen MR) is 145 cm³/mol. The van der Waals surface area contributed by atoms with E-state index in [1.54, 1.807) is 35.9 Å². The van der Waals surface area contributed by atoms with Crippen LogP contribution in [0.4, 0.5) is 0 Å². The molecule has 3 amide bonds. The summed E-state index contributed by atoms with van der Waals surface area (Å²) in [5.41, 5.74) is 0. The third-order valence-corrected chi connectivity index (χ3v) is 10.4. The topological polar surface area (TPSA) is 81.2 Å². The molecule has 0 saturated carbocycles. The third kappa shape index (κ3) is 5.13. The van der Waals surface area contributed by atoms with Crippen molar-refractivity contribution in [2.45, 2.75) is 74.8 Å². The van der Waals surface area contributed by atoms with Crippen molar-refractivity contribution in [2.75, 3.05) is 39.8 Å². The summed E-state index contributed by atoms with van der Waals surface area (Å²) in [4.78, 5) is 47.3. The number of carbonyl (C=O) groups is 3. The summed E-state index contributed by atoms with van der Waals surface area (Å²) in [6, 6.07) is -0.558. The molecule has 6 atom stereocenters. The van der Waals surface area contributed by atoms with Gasteiger partial charge in [0.05, 0.1) is 16.6 Å². The molecule has 0 radical (unpaired) electrons.